The smallest absolute Gasteiger partial charge is 0.405 e. The van der Waals surface area contributed by atoms with Crippen LogP contribution in [0.2, 0.25) is 0 Å². The number of benzene rings is 2. The third kappa shape index (κ3) is 7.81. The molecule has 2 rings (SSSR count). The normalized spacial score (nSPS) is 10.9. The molecule has 0 saturated heterocycles. The van der Waals surface area contributed by atoms with Crippen molar-refractivity contribution >= 4 is 11.8 Å². The zero-order valence-electron chi connectivity index (χ0n) is 14.4. The molecule has 0 aliphatic rings. The number of para-hydroxylation sites is 1. The van der Waals surface area contributed by atoms with Crippen molar-refractivity contribution in [3.8, 4) is 5.75 Å². The monoisotopic (exact) mass is 380 g/mol. The van der Waals surface area contributed by atoms with Crippen LogP contribution < -0.4 is 15.4 Å². The summed E-state index contributed by atoms with van der Waals surface area (Å²) in [4.78, 5) is 23.6. The van der Waals surface area contributed by atoms with Crippen LogP contribution in [0, 0.1) is 0 Å². The number of hydrogen-bond acceptors (Lipinski definition) is 3. The van der Waals surface area contributed by atoms with Crippen LogP contribution in [0.15, 0.2) is 54.6 Å². The molecule has 2 amide bonds. The molecular weight excluding hydrogens is 361 g/mol. The van der Waals surface area contributed by atoms with Crippen LogP contribution in [-0.2, 0) is 22.6 Å². The molecule has 0 spiro atoms. The molecule has 0 heterocycles. The maximum absolute atomic E-state index is 12.4. The van der Waals surface area contributed by atoms with Gasteiger partial charge in [0.15, 0.2) is 0 Å². The van der Waals surface area contributed by atoms with Crippen molar-refractivity contribution in [2.75, 3.05) is 6.54 Å². The highest BCUT2D eigenvalue weighted by molar-refractivity contribution is 5.80. The number of amides is 2. The lowest BCUT2D eigenvalue weighted by molar-refractivity contribution is -0.274. The fourth-order valence-electron chi connectivity index (χ4n) is 2.32. The third-order valence-electron chi connectivity index (χ3n) is 3.56. The topological polar surface area (TPSA) is 67.4 Å². The van der Waals surface area contributed by atoms with Crippen LogP contribution >= 0.6 is 0 Å². The average molecular weight is 380 g/mol. The Hall–Kier alpha value is -3.03. The van der Waals surface area contributed by atoms with E-state index in [1.807, 2.05) is 30.3 Å². The fraction of sp³-hybridized carbons (Fsp3) is 0.263. The summed E-state index contributed by atoms with van der Waals surface area (Å²) >= 11 is 0. The Morgan fingerprint density at radius 3 is 2.26 bits per heavy atom. The second-order valence-electron chi connectivity index (χ2n) is 5.69. The molecule has 27 heavy (non-hydrogen) atoms. The lowest BCUT2D eigenvalue weighted by Crippen LogP contribution is -2.31. The first-order chi connectivity index (χ1) is 12.8. The maximum Gasteiger partial charge on any atom is 0.573 e. The van der Waals surface area contributed by atoms with Gasteiger partial charge in [0.2, 0.25) is 11.8 Å². The van der Waals surface area contributed by atoms with Crippen molar-refractivity contribution in [2.24, 2.45) is 0 Å². The Bertz CT molecular complexity index is 764. The first kappa shape index (κ1) is 20.3. The Labute approximate surface area is 154 Å². The minimum atomic E-state index is -4.80. The zero-order valence-corrected chi connectivity index (χ0v) is 14.4. The second kappa shape index (κ2) is 9.61. The molecule has 0 bridgehead atoms. The Kier molecular flexibility index (Phi) is 7.22. The summed E-state index contributed by atoms with van der Waals surface area (Å²) in [6, 6.07) is 14.7. The Balaban J connectivity index is 1.73. The lowest BCUT2D eigenvalue weighted by Gasteiger charge is -2.13. The van der Waals surface area contributed by atoms with Gasteiger partial charge in [-0.3, -0.25) is 9.59 Å². The van der Waals surface area contributed by atoms with E-state index in [2.05, 4.69) is 15.4 Å². The molecule has 2 aromatic rings. The predicted octanol–water partition coefficient (Wildman–Crippen LogP) is 2.95. The van der Waals surface area contributed by atoms with E-state index in [1.54, 1.807) is 6.07 Å². The molecule has 2 N–H and O–H groups in total. The summed E-state index contributed by atoms with van der Waals surface area (Å²) in [5.41, 5.74) is 1.07. The van der Waals surface area contributed by atoms with E-state index >= 15 is 0 Å². The van der Waals surface area contributed by atoms with Gasteiger partial charge in [-0.25, -0.2) is 0 Å². The van der Waals surface area contributed by atoms with Gasteiger partial charge in [-0.15, -0.1) is 13.2 Å². The largest absolute Gasteiger partial charge is 0.573 e. The summed E-state index contributed by atoms with van der Waals surface area (Å²) in [6.07, 6.45) is -4.57. The van der Waals surface area contributed by atoms with E-state index in [0.717, 1.165) is 5.56 Å². The van der Waals surface area contributed by atoms with Crippen molar-refractivity contribution in [3.63, 3.8) is 0 Å². The lowest BCUT2D eigenvalue weighted by atomic mass is 10.1. The summed E-state index contributed by atoms with van der Waals surface area (Å²) < 4.78 is 41.0. The number of rotatable bonds is 8. The van der Waals surface area contributed by atoms with E-state index in [9.17, 15) is 22.8 Å². The van der Waals surface area contributed by atoms with Gasteiger partial charge in [0.05, 0.1) is 6.42 Å². The minimum Gasteiger partial charge on any atom is -0.405 e. The molecule has 0 aromatic heterocycles. The summed E-state index contributed by atoms with van der Waals surface area (Å²) in [5, 5.41) is 5.14. The van der Waals surface area contributed by atoms with Gasteiger partial charge in [0, 0.05) is 25.1 Å². The first-order valence-electron chi connectivity index (χ1n) is 8.24. The molecular formula is C19H19F3N2O3. The van der Waals surface area contributed by atoms with E-state index in [4.69, 9.17) is 0 Å². The fourth-order valence-corrected chi connectivity index (χ4v) is 2.32. The van der Waals surface area contributed by atoms with Gasteiger partial charge in [-0.1, -0.05) is 48.5 Å². The van der Waals surface area contributed by atoms with Gasteiger partial charge in [0.1, 0.15) is 5.75 Å². The number of nitrogens with one attached hydrogen (secondary N) is 2. The molecule has 0 saturated carbocycles. The van der Waals surface area contributed by atoms with Crippen LogP contribution in [0.3, 0.4) is 0 Å². The van der Waals surface area contributed by atoms with Gasteiger partial charge < -0.3 is 15.4 Å². The van der Waals surface area contributed by atoms with Crippen molar-refractivity contribution in [2.45, 2.75) is 25.7 Å². The predicted molar refractivity (Wildman–Crippen MR) is 92.7 cm³/mol. The van der Waals surface area contributed by atoms with Gasteiger partial charge in [-0.2, -0.15) is 0 Å². The highest BCUT2D eigenvalue weighted by atomic mass is 19.4. The maximum atomic E-state index is 12.4. The van der Waals surface area contributed by atoms with Crippen LogP contribution in [-0.4, -0.2) is 24.7 Å². The molecule has 0 fully saturated rings. The highest BCUT2D eigenvalue weighted by Gasteiger charge is 2.31. The van der Waals surface area contributed by atoms with E-state index < -0.39 is 12.3 Å². The number of carbonyl (C=O) groups excluding carboxylic acids is 2. The zero-order chi connectivity index (χ0) is 19.7. The molecule has 0 aliphatic carbocycles. The molecule has 0 radical (unpaired) electrons. The SMILES string of the molecule is O=C(CCNC(=O)Cc1ccccc1)NCc1ccccc1OC(F)(F)F. The molecule has 2 aromatic carbocycles. The van der Waals surface area contributed by atoms with E-state index in [1.165, 1.54) is 18.2 Å². The summed E-state index contributed by atoms with van der Waals surface area (Å²) in [7, 11) is 0. The number of alkyl halides is 3. The van der Waals surface area contributed by atoms with Crippen LogP contribution in [0.4, 0.5) is 13.2 Å². The third-order valence-corrected chi connectivity index (χ3v) is 3.56. The molecule has 144 valence electrons. The molecule has 5 nitrogen and oxygen atoms in total. The number of hydrogen-bond donors (Lipinski definition) is 2. The van der Waals surface area contributed by atoms with Crippen LogP contribution in [0.25, 0.3) is 0 Å². The number of carbonyl (C=O) groups is 2. The second-order valence-corrected chi connectivity index (χ2v) is 5.69. The van der Waals surface area contributed by atoms with Crippen molar-refractivity contribution in [3.05, 3.63) is 65.7 Å². The Morgan fingerprint density at radius 2 is 1.56 bits per heavy atom. The molecule has 0 atom stereocenters. The minimum absolute atomic E-state index is 0.0167. The quantitative estimate of drug-likeness (QED) is 0.740. The van der Waals surface area contributed by atoms with Gasteiger partial charge >= 0.3 is 6.36 Å². The summed E-state index contributed by atoms with van der Waals surface area (Å²) in [5.74, 6) is -0.962. The van der Waals surface area contributed by atoms with Crippen LogP contribution in [0.1, 0.15) is 17.5 Å². The van der Waals surface area contributed by atoms with Gasteiger partial charge in [-0.05, 0) is 11.6 Å². The standard InChI is InChI=1S/C19H19F3N2O3/c20-19(21,22)27-16-9-5-4-8-15(16)13-24-17(25)10-11-23-18(26)12-14-6-2-1-3-7-14/h1-9H,10-13H2,(H,23,26)(H,24,25). The number of ether oxygens (including phenoxy) is 1. The summed E-state index contributed by atoms with van der Waals surface area (Å²) in [6.45, 7) is 0.0290. The number of halogens is 3. The van der Waals surface area contributed by atoms with E-state index in [-0.39, 0.29) is 43.2 Å². The highest BCUT2D eigenvalue weighted by Crippen LogP contribution is 2.26. The van der Waals surface area contributed by atoms with Crippen molar-refractivity contribution < 1.29 is 27.5 Å². The van der Waals surface area contributed by atoms with Crippen LogP contribution in [0.5, 0.6) is 5.75 Å². The van der Waals surface area contributed by atoms with E-state index in [0.29, 0.717) is 0 Å². The Morgan fingerprint density at radius 1 is 0.889 bits per heavy atom. The van der Waals surface area contributed by atoms with Crippen molar-refractivity contribution in [1.29, 1.82) is 0 Å². The average Bonchev–Trinajstić information content (AvgIpc) is 2.60. The molecule has 0 aliphatic heterocycles. The van der Waals surface area contributed by atoms with Gasteiger partial charge in [0.25, 0.3) is 0 Å². The van der Waals surface area contributed by atoms with Crippen molar-refractivity contribution in [1.82, 2.24) is 10.6 Å². The first-order valence-corrected chi connectivity index (χ1v) is 8.24. The molecule has 0 unspecified atom stereocenters. The molecule has 8 heteroatoms.